The monoisotopic (exact) mass is 1050 g/mol. The maximum absolute atomic E-state index is 14.8. The van der Waals surface area contributed by atoms with Gasteiger partial charge in [0.05, 0.1) is 11.5 Å². The fourth-order valence-electron chi connectivity index (χ4n) is 8.84. The van der Waals surface area contributed by atoms with Gasteiger partial charge in [-0.1, -0.05) is 169 Å². The summed E-state index contributed by atoms with van der Waals surface area (Å²) in [5, 5.41) is 18.1. The summed E-state index contributed by atoms with van der Waals surface area (Å²) in [6, 6.07) is 46.9. The average molecular weight is 1050 g/mol. The van der Waals surface area contributed by atoms with Gasteiger partial charge < -0.3 is 24.9 Å². The van der Waals surface area contributed by atoms with Gasteiger partial charge in [-0.15, -0.1) is 23.1 Å². The Hall–Kier alpha value is -8.33. The van der Waals surface area contributed by atoms with Gasteiger partial charge in [-0.3, -0.25) is 33.4 Å². The van der Waals surface area contributed by atoms with Crippen LogP contribution < -0.4 is 21.8 Å². The molecule has 2 amide bonds. The lowest BCUT2D eigenvalue weighted by Crippen LogP contribution is -2.71. The average Bonchev–Trinajstić information content (AvgIpc) is 3.90. The predicted octanol–water partition coefficient (Wildman–Crippen LogP) is 6.50. The molecule has 374 valence electrons. The van der Waals surface area contributed by atoms with Gasteiger partial charge in [0.15, 0.2) is 22.8 Å². The summed E-state index contributed by atoms with van der Waals surface area (Å²) in [4.78, 5) is 93.1. The molecule has 1 saturated heterocycles. The zero-order valence-electron chi connectivity index (χ0n) is 39.7. The SMILES string of the molecule is CCOC(=O)Cn1c(C(=S)CC2=C(C(=O)OC(c3ccccc3)c3ccccc3)N3C(=O)C(NC(=O)C(=NOC)c4csc(NC(c5ccccc5)(c5ccccc5)c5ccccc5)n4)C3SC2)n[nH]c(=O)c1=O. The van der Waals surface area contributed by atoms with Gasteiger partial charge in [-0.2, -0.15) is 5.10 Å². The number of carbonyl (C=O) groups excluding carboxylic acids is 4. The third-order valence-electron chi connectivity index (χ3n) is 12.2. The molecular formula is C54H46N8O9S3. The number of aromatic amines is 1. The van der Waals surface area contributed by atoms with Gasteiger partial charge in [0.1, 0.15) is 42.0 Å². The van der Waals surface area contributed by atoms with Crippen molar-refractivity contribution >= 4 is 74.8 Å². The molecule has 1 fully saturated rings. The number of aromatic nitrogens is 4. The number of β-lactam (4-membered cyclic amide) rings is 1. The maximum Gasteiger partial charge on any atom is 0.356 e. The number of hydrogen-bond acceptors (Lipinski definition) is 16. The van der Waals surface area contributed by atoms with Gasteiger partial charge in [-0.25, -0.2) is 14.9 Å². The van der Waals surface area contributed by atoms with E-state index in [9.17, 15) is 28.8 Å². The molecule has 2 atom stereocenters. The number of fused-ring (bicyclic) bond motifs is 1. The first-order valence-electron chi connectivity index (χ1n) is 23.2. The third kappa shape index (κ3) is 10.3. The number of thiazole rings is 1. The quantitative estimate of drug-likeness (QED) is 0.0115. The summed E-state index contributed by atoms with van der Waals surface area (Å²) in [6.45, 7) is 0.949. The summed E-state index contributed by atoms with van der Waals surface area (Å²) in [7, 11) is 1.29. The van der Waals surface area contributed by atoms with E-state index in [1.165, 1.54) is 35.1 Å². The van der Waals surface area contributed by atoms with Gasteiger partial charge in [0, 0.05) is 17.6 Å². The van der Waals surface area contributed by atoms with Crippen molar-refractivity contribution in [2.75, 3.05) is 24.8 Å². The highest BCUT2D eigenvalue weighted by atomic mass is 32.2. The number of carbonyl (C=O) groups is 4. The summed E-state index contributed by atoms with van der Waals surface area (Å²) in [6.07, 6.45) is -1.14. The van der Waals surface area contributed by atoms with Crippen LogP contribution in [0.25, 0.3) is 0 Å². The molecule has 0 saturated carbocycles. The fraction of sp³-hybridized carbons (Fsp3) is 0.185. The summed E-state index contributed by atoms with van der Waals surface area (Å²) in [5.41, 5.74) is 1.19. The minimum absolute atomic E-state index is 0.0168. The Morgan fingerprint density at radius 2 is 1.39 bits per heavy atom. The van der Waals surface area contributed by atoms with E-state index in [4.69, 9.17) is 31.5 Å². The number of H-pyrrole nitrogens is 1. The zero-order chi connectivity index (χ0) is 51.8. The van der Waals surface area contributed by atoms with Crippen LogP contribution in [0.15, 0.2) is 183 Å². The van der Waals surface area contributed by atoms with E-state index in [0.717, 1.165) is 21.3 Å². The standard InChI is InChI=1S/C54H46N8O9S3/c1-3-70-41(63)30-61-46(58-59-48(65)50(61)67)40(72)29-35-31-73-51-43(49(66)62(51)44(35)52(68)71-45(33-19-9-4-10-20-33)34-21-11-5-12-22-34)56-47(64)42(60-69-2)39-32-74-53(55-39)57-54(36-23-13-6-14-24-36,37-25-15-7-16-26-37)38-27-17-8-18-28-38/h4-28,32,43,45,51H,3,29-31H2,1-2H3,(H,55,57)(H,56,64)(H,59,65). The number of hydrogen-bond donors (Lipinski definition) is 3. The van der Waals surface area contributed by atoms with E-state index < -0.39 is 64.5 Å². The highest BCUT2D eigenvalue weighted by molar-refractivity contribution is 8.00. The zero-order valence-corrected chi connectivity index (χ0v) is 42.2. The Morgan fingerprint density at radius 3 is 1.93 bits per heavy atom. The van der Waals surface area contributed by atoms with Crippen LogP contribution in [0.3, 0.4) is 0 Å². The number of ether oxygens (including phenoxy) is 2. The first-order valence-corrected chi connectivity index (χ1v) is 25.5. The predicted molar refractivity (Wildman–Crippen MR) is 283 cm³/mol. The Labute approximate surface area is 437 Å². The van der Waals surface area contributed by atoms with Crippen molar-refractivity contribution in [2.45, 2.75) is 42.9 Å². The number of nitrogens with zero attached hydrogens (tertiary/aromatic N) is 5. The second-order valence-electron chi connectivity index (χ2n) is 16.7. The number of anilines is 1. The summed E-state index contributed by atoms with van der Waals surface area (Å²) >= 11 is 8.31. The lowest BCUT2D eigenvalue weighted by molar-refractivity contribution is -0.154. The second kappa shape index (κ2) is 22.6. The first kappa shape index (κ1) is 50.6. The lowest BCUT2D eigenvalue weighted by Gasteiger charge is -2.49. The Balaban J connectivity index is 1.02. The van der Waals surface area contributed by atoms with E-state index in [-0.39, 0.29) is 46.6 Å². The highest BCUT2D eigenvalue weighted by Gasteiger charge is 2.55. The Morgan fingerprint density at radius 1 is 0.838 bits per heavy atom. The number of oxime groups is 1. The van der Waals surface area contributed by atoms with Crippen LogP contribution >= 0.6 is 35.3 Å². The van der Waals surface area contributed by atoms with Crippen molar-refractivity contribution in [3.8, 4) is 0 Å². The molecule has 9 rings (SSSR count). The van der Waals surface area contributed by atoms with Gasteiger partial charge in [0.25, 0.3) is 11.8 Å². The van der Waals surface area contributed by atoms with Crippen LogP contribution in [0.4, 0.5) is 5.13 Å². The number of nitrogens with one attached hydrogen (secondary N) is 3. The van der Waals surface area contributed by atoms with Gasteiger partial charge >= 0.3 is 23.1 Å². The summed E-state index contributed by atoms with van der Waals surface area (Å²) in [5.74, 6) is -3.21. The topological polar surface area (TPSA) is 216 Å². The molecule has 0 radical (unpaired) electrons. The molecule has 2 aliphatic rings. The van der Waals surface area contributed by atoms with E-state index in [1.807, 2.05) is 152 Å². The van der Waals surface area contributed by atoms with Crippen LogP contribution in [0.2, 0.25) is 0 Å². The number of benzene rings is 5. The maximum atomic E-state index is 14.8. The Kier molecular flexibility index (Phi) is 15.5. The molecular weight excluding hydrogens is 1000 g/mol. The lowest BCUT2D eigenvalue weighted by atomic mass is 9.77. The molecule has 0 spiro atoms. The third-order valence-corrected chi connectivity index (χ3v) is 14.6. The van der Waals surface area contributed by atoms with Crippen LogP contribution in [0.5, 0.6) is 0 Å². The number of rotatable bonds is 19. The van der Waals surface area contributed by atoms with Crippen LogP contribution in [-0.2, 0) is 45.6 Å². The molecule has 2 aromatic heterocycles. The fourth-order valence-corrected chi connectivity index (χ4v) is 11.3. The second-order valence-corrected chi connectivity index (χ2v) is 19.2. The van der Waals surface area contributed by atoms with Crippen molar-refractivity contribution in [1.82, 2.24) is 30.0 Å². The molecule has 5 aromatic carbocycles. The molecule has 2 aliphatic heterocycles. The number of esters is 2. The normalized spacial score (nSPS) is 15.4. The number of thiocarbonyl (C=S) groups is 1. The number of thioether (sulfide) groups is 1. The Bertz CT molecular complexity index is 3250. The van der Waals surface area contributed by atoms with Gasteiger partial charge in [0.2, 0.25) is 0 Å². The first-order chi connectivity index (χ1) is 36.0. The van der Waals surface area contributed by atoms with E-state index in [2.05, 4.69) is 26.0 Å². The molecule has 3 N–H and O–H groups in total. The van der Waals surface area contributed by atoms with Gasteiger partial charge in [-0.05, 0) is 40.3 Å². The van der Waals surface area contributed by atoms with Crippen LogP contribution in [0, 0.1) is 0 Å². The smallest absolute Gasteiger partial charge is 0.356 e. The molecule has 20 heteroatoms. The molecule has 0 aliphatic carbocycles. The van der Waals surface area contributed by atoms with Crippen molar-refractivity contribution in [3.63, 3.8) is 0 Å². The van der Waals surface area contributed by atoms with E-state index in [0.29, 0.717) is 21.8 Å². The molecule has 7 aromatic rings. The molecule has 4 heterocycles. The minimum Gasteiger partial charge on any atom is -0.465 e. The molecule has 2 unspecified atom stereocenters. The van der Waals surface area contributed by atoms with Crippen LogP contribution in [0.1, 0.15) is 58.8 Å². The molecule has 17 nitrogen and oxygen atoms in total. The minimum atomic E-state index is -1.15. The molecule has 0 bridgehead atoms. The van der Waals surface area contributed by atoms with Crippen molar-refractivity contribution in [1.29, 1.82) is 0 Å². The van der Waals surface area contributed by atoms with Crippen molar-refractivity contribution in [3.05, 3.63) is 228 Å². The van der Waals surface area contributed by atoms with Crippen molar-refractivity contribution in [2.24, 2.45) is 5.16 Å². The van der Waals surface area contributed by atoms with Crippen molar-refractivity contribution < 1.29 is 33.5 Å². The largest absolute Gasteiger partial charge is 0.465 e. The van der Waals surface area contributed by atoms with Crippen LogP contribution in [-0.4, -0.2) is 89.9 Å². The van der Waals surface area contributed by atoms with E-state index in [1.54, 1.807) is 12.3 Å². The number of amides is 2. The highest BCUT2D eigenvalue weighted by Crippen LogP contribution is 2.44. The summed E-state index contributed by atoms with van der Waals surface area (Å²) < 4.78 is 12.2. The molecule has 74 heavy (non-hydrogen) atoms. The van der Waals surface area contributed by atoms with E-state index >= 15 is 0 Å².